The van der Waals surface area contributed by atoms with Gasteiger partial charge in [0.25, 0.3) is 0 Å². The Bertz CT molecular complexity index is 41.1. The van der Waals surface area contributed by atoms with Crippen LogP contribution in [-0.2, 0) is 0 Å². The summed E-state index contributed by atoms with van der Waals surface area (Å²) in [5, 5.41) is 5.00. The van der Waals surface area contributed by atoms with Gasteiger partial charge in [-0.1, -0.05) is 38.5 Å². The van der Waals surface area contributed by atoms with E-state index in [9.17, 15) is 0 Å². The number of nitrogens with one attached hydrogen (secondary N) is 1. The molecule has 1 aliphatic rings. The summed E-state index contributed by atoms with van der Waals surface area (Å²) < 4.78 is 0. The van der Waals surface area contributed by atoms with E-state index in [1.165, 1.54) is 38.5 Å². The molecule has 0 unspecified atom stereocenters. The topological polar surface area (TPSA) is 23.8 Å². The smallest absolute Gasteiger partial charge is 0.0533 e. The van der Waals surface area contributed by atoms with E-state index in [1.807, 2.05) is 0 Å². The second kappa shape index (κ2) is 6.49. The molecule has 0 heterocycles. The molecule has 0 amide bonds. The van der Waals surface area contributed by atoms with Crippen molar-refractivity contribution in [2.75, 3.05) is 0 Å². The van der Waals surface area contributed by atoms with Crippen LogP contribution in [0.2, 0.25) is 0 Å². The van der Waals surface area contributed by atoms with Gasteiger partial charge in [-0.2, -0.15) is 0 Å². The Morgan fingerprint density at radius 1 is 0.625 bits per heavy atom. The van der Waals surface area contributed by atoms with Crippen LogP contribution in [0.25, 0.3) is 0 Å². The maximum Gasteiger partial charge on any atom is -0.0533 e. The summed E-state index contributed by atoms with van der Waals surface area (Å²) in [5.74, 6) is 0. The third-order valence-corrected chi connectivity index (χ3v) is 1.50. The molecule has 1 heteroatoms. The lowest BCUT2D eigenvalue weighted by atomic mass is 10.0. The van der Waals surface area contributed by atoms with Crippen molar-refractivity contribution >= 4 is 0 Å². The van der Waals surface area contributed by atoms with Crippen LogP contribution in [0.3, 0.4) is 0 Å². The Labute approximate surface area is 51.3 Å². The summed E-state index contributed by atoms with van der Waals surface area (Å²) in [6, 6.07) is 0. The first-order valence-electron chi connectivity index (χ1n) is 3.25. The molecule has 1 N–H and O–H groups in total. The molecule has 1 saturated carbocycles. The lowest BCUT2D eigenvalue weighted by molar-refractivity contribution is -0.0997. The van der Waals surface area contributed by atoms with Crippen LogP contribution in [0.1, 0.15) is 38.5 Å². The van der Waals surface area contributed by atoms with E-state index in [4.69, 9.17) is 11.8 Å². The highest BCUT2D eigenvalue weighted by Crippen LogP contribution is 2.15. The zero-order valence-electron chi connectivity index (χ0n) is 5.24. The average Bonchev–Trinajstić information content (AvgIpc) is 1.96. The third-order valence-electron chi connectivity index (χ3n) is 1.50. The van der Waals surface area contributed by atoms with Gasteiger partial charge < -0.3 is 5.26 Å². The number of hydrogen-bond donors (Lipinski definition) is 1. The Hall–Kier alpha value is -0.510. The van der Waals surface area contributed by atoms with E-state index in [1.54, 1.807) is 0 Å². The molecule has 46 valence electrons. The second-order valence-corrected chi connectivity index (χ2v) is 2.12. The van der Waals surface area contributed by atoms with Gasteiger partial charge in [-0.25, -0.2) is 6.57 Å². The van der Waals surface area contributed by atoms with Gasteiger partial charge in [0.1, 0.15) is 0 Å². The highest BCUT2D eigenvalue weighted by atomic mass is 14.2. The van der Waals surface area contributed by atoms with Crippen LogP contribution in [-0.4, -0.2) is 0 Å². The van der Waals surface area contributed by atoms with Gasteiger partial charge in [-0.3, -0.25) is 0 Å². The summed E-state index contributed by atoms with van der Waals surface area (Å²) in [5.41, 5.74) is 0. The van der Waals surface area contributed by atoms with E-state index in [0.717, 1.165) is 0 Å². The minimum Gasteiger partial charge on any atom is -0.335 e. The first-order chi connectivity index (χ1) is 4.00. The van der Waals surface area contributed by atoms with Crippen LogP contribution >= 0.6 is 0 Å². The van der Waals surface area contributed by atoms with Crippen molar-refractivity contribution in [2.45, 2.75) is 38.5 Å². The minimum atomic E-state index is 1.50. The third kappa shape index (κ3) is 3.67. The Balaban J connectivity index is 0.000000222. The van der Waals surface area contributed by atoms with Gasteiger partial charge in [-0.05, 0) is 0 Å². The Morgan fingerprint density at radius 3 is 0.875 bits per heavy atom. The van der Waals surface area contributed by atoms with Gasteiger partial charge in [0.05, 0.1) is 0 Å². The highest BCUT2D eigenvalue weighted by molar-refractivity contribution is 4.51. The maximum atomic E-state index is 5.00. The fourth-order valence-corrected chi connectivity index (χ4v) is 1.06. The Morgan fingerprint density at radius 2 is 0.750 bits per heavy atom. The van der Waals surface area contributed by atoms with Crippen LogP contribution in [0.4, 0.5) is 0 Å². The predicted molar refractivity (Wildman–Crippen MR) is 31.9 cm³/mol. The van der Waals surface area contributed by atoms with Crippen molar-refractivity contribution in [1.82, 2.24) is 0 Å². The van der Waals surface area contributed by atoms with Crippen molar-refractivity contribution in [3.8, 4) is 0 Å². The molecule has 1 nitrogen and oxygen atoms in total. The van der Waals surface area contributed by atoms with Gasteiger partial charge in [0.15, 0.2) is 0 Å². The summed E-state index contributed by atoms with van der Waals surface area (Å²) in [6.45, 7) is 5.00. The Kier molecular flexibility index (Phi) is 6.08. The van der Waals surface area contributed by atoms with E-state index in [0.29, 0.717) is 0 Å². The van der Waals surface area contributed by atoms with Crippen molar-refractivity contribution in [1.29, 1.82) is 0 Å². The van der Waals surface area contributed by atoms with Crippen LogP contribution in [0, 0.1) is 6.57 Å². The fraction of sp³-hybridized carbons (Fsp3) is 0.857. The molecule has 0 aromatic heterocycles. The molecule has 0 saturated heterocycles. The molecule has 0 spiro atoms. The SMILES string of the molecule is C1CCCCC1.[C-]#[NH+]. The monoisotopic (exact) mass is 111 g/mol. The zero-order chi connectivity index (χ0) is 6.24. The predicted octanol–water partition coefficient (Wildman–Crippen LogP) is 0.686. The molecule has 1 rings (SSSR count). The zero-order valence-corrected chi connectivity index (χ0v) is 5.24. The molecule has 0 radical (unpaired) electrons. The first-order valence-corrected chi connectivity index (χ1v) is 3.25. The first kappa shape index (κ1) is 7.49. The van der Waals surface area contributed by atoms with Crippen molar-refractivity contribution in [2.24, 2.45) is 0 Å². The van der Waals surface area contributed by atoms with Crippen molar-refractivity contribution < 1.29 is 5.26 Å². The molecule has 1 aliphatic carbocycles. The highest BCUT2D eigenvalue weighted by Gasteiger charge is 1.95. The largest absolute Gasteiger partial charge is 0.335 e. The molecular weight excluding hydrogens is 98.1 g/mol. The summed E-state index contributed by atoms with van der Waals surface area (Å²) >= 11 is 0. The van der Waals surface area contributed by atoms with E-state index in [-0.39, 0.29) is 0 Å². The maximum absolute atomic E-state index is 5.00. The summed E-state index contributed by atoms with van der Waals surface area (Å²) in [6.07, 6.45) is 9.00. The van der Waals surface area contributed by atoms with Crippen LogP contribution < -0.4 is 5.26 Å². The van der Waals surface area contributed by atoms with E-state index >= 15 is 0 Å². The summed E-state index contributed by atoms with van der Waals surface area (Å²) in [7, 11) is 0. The second-order valence-electron chi connectivity index (χ2n) is 2.12. The molecule has 0 atom stereocenters. The molecule has 0 aromatic rings. The van der Waals surface area contributed by atoms with Crippen LogP contribution in [0.5, 0.6) is 0 Å². The fourth-order valence-electron chi connectivity index (χ4n) is 1.06. The molecular formula is C7H13N. The molecule has 1 fully saturated rings. The quantitative estimate of drug-likeness (QED) is 0.445. The molecule has 0 aliphatic heterocycles. The molecule has 0 bridgehead atoms. The van der Waals surface area contributed by atoms with E-state index in [2.05, 4.69) is 0 Å². The lowest BCUT2D eigenvalue weighted by Gasteiger charge is -2.05. The van der Waals surface area contributed by atoms with Gasteiger partial charge in [0, 0.05) is 0 Å². The lowest BCUT2D eigenvalue weighted by Crippen LogP contribution is -2.10. The minimum absolute atomic E-state index is 1.50. The summed E-state index contributed by atoms with van der Waals surface area (Å²) in [4.78, 5) is 0. The number of rotatable bonds is 0. The molecule has 0 aromatic carbocycles. The van der Waals surface area contributed by atoms with Gasteiger partial charge in [-0.15, -0.1) is 0 Å². The molecule has 8 heavy (non-hydrogen) atoms. The van der Waals surface area contributed by atoms with Crippen LogP contribution in [0.15, 0.2) is 0 Å². The number of hydrogen-bond acceptors (Lipinski definition) is 0. The average molecular weight is 111 g/mol. The van der Waals surface area contributed by atoms with E-state index < -0.39 is 0 Å². The van der Waals surface area contributed by atoms with Crippen molar-refractivity contribution in [3.63, 3.8) is 0 Å². The van der Waals surface area contributed by atoms with Crippen molar-refractivity contribution in [3.05, 3.63) is 6.57 Å². The standard InChI is InChI=1S/C6H12.CHN/c1-2-4-6-5-3-1;1-2/h1-6H2;2H. The normalized spacial score (nSPS) is 18.2. The van der Waals surface area contributed by atoms with Gasteiger partial charge in [0.2, 0.25) is 0 Å². The van der Waals surface area contributed by atoms with Gasteiger partial charge >= 0.3 is 0 Å².